The van der Waals surface area contributed by atoms with Crippen LogP contribution in [0, 0.1) is 0 Å². The first-order chi connectivity index (χ1) is 11.5. The number of benzene rings is 1. The van der Waals surface area contributed by atoms with Crippen molar-refractivity contribution in [3.63, 3.8) is 0 Å². The summed E-state index contributed by atoms with van der Waals surface area (Å²) in [6.45, 7) is 10.3. The number of urea groups is 1. The Kier molecular flexibility index (Phi) is 9.92. The van der Waals surface area contributed by atoms with Gasteiger partial charge in [-0.05, 0) is 37.3 Å². The summed E-state index contributed by atoms with van der Waals surface area (Å²) in [6.07, 6.45) is 2.63. The van der Waals surface area contributed by atoms with Gasteiger partial charge in [0, 0.05) is 19.8 Å². The molecule has 0 saturated heterocycles. The normalized spacial score (nSPS) is 12.0. The van der Waals surface area contributed by atoms with Crippen LogP contribution in [0.4, 0.5) is 4.79 Å². The second kappa shape index (κ2) is 11.7. The van der Waals surface area contributed by atoms with Gasteiger partial charge in [0.1, 0.15) is 5.75 Å². The smallest absolute Gasteiger partial charge is 0.317 e. The Morgan fingerprint density at radius 2 is 1.83 bits per heavy atom. The van der Waals surface area contributed by atoms with Crippen molar-refractivity contribution < 1.29 is 14.3 Å². The monoisotopic (exact) mass is 336 g/mol. The van der Waals surface area contributed by atoms with E-state index >= 15 is 0 Å². The molecule has 0 spiro atoms. The number of hydrogen-bond acceptors (Lipinski definition) is 3. The molecule has 0 aliphatic carbocycles. The number of unbranched alkanes of at least 4 members (excludes halogenated alkanes) is 1. The largest absolute Gasteiger partial charge is 0.471 e. The van der Waals surface area contributed by atoms with E-state index in [4.69, 9.17) is 9.47 Å². The van der Waals surface area contributed by atoms with Crippen molar-refractivity contribution >= 4 is 6.03 Å². The van der Waals surface area contributed by atoms with Gasteiger partial charge in [0.2, 0.25) is 0 Å². The van der Waals surface area contributed by atoms with Gasteiger partial charge in [0.25, 0.3) is 0 Å². The zero-order valence-corrected chi connectivity index (χ0v) is 15.4. The van der Waals surface area contributed by atoms with E-state index in [1.807, 2.05) is 31.2 Å². The lowest BCUT2D eigenvalue weighted by Crippen LogP contribution is -2.43. The van der Waals surface area contributed by atoms with E-state index in [1.165, 1.54) is 0 Å². The van der Waals surface area contributed by atoms with Gasteiger partial charge in [-0.15, -0.1) is 0 Å². The third kappa shape index (κ3) is 8.20. The highest BCUT2D eigenvalue weighted by atomic mass is 16.5. The Hall–Kier alpha value is -1.75. The molecule has 1 aromatic rings. The molecule has 5 heteroatoms. The lowest BCUT2D eigenvalue weighted by atomic mass is 10.0. The van der Waals surface area contributed by atoms with Crippen LogP contribution in [0.5, 0.6) is 5.75 Å². The molecule has 0 aromatic heterocycles. The number of ether oxygens (including phenoxy) is 2. The summed E-state index contributed by atoms with van der Waals surface area (Å²) in [5.41, 5.74) is 1.13. The average Bonchev–Trinajstić information content (AvgIpc) is 2.54. The van der Waals surface area contributed by atoms with Gasteiger partial charge >= 0.3 is 6.03 Å². The van der Waals surface area contributed by atoms with Crippen molar-refractivity contribution in [3.8, 4) is 5.75 Å². The fourth-order valence-corrected chi connectivity index (χ4v) is 2.24. The number of amides is 2. The highest BCUT2D eigenvalue weighted by Crippen LogP contribution is 2.26. The minimum Gasteiger partial charge on any atom is -0.471 e. The van der Waals surface area contributed by atoms with Gasteiger partial charge in [-0.3, -0.25) is 0 Å². The Labute approximate surface area is 146 Å². The molecule has 2 amide bonds. The summed E-state index contributed by atoms with van der Waals surface area (Å²) >= 11 is 0. The van der Waals surface area contributed by atoms with Crippen LogP contribution in [0.15, 0.2) is 24.3 Å². The van der Waals surface area contributed by atoms with E-state index in [-0.39, 0.29) is 6.03 Å². The molecular weight excluding hydrogens is 304 g/mol. The van der Waals surface area contributed by atoms with Gasteiger partial charge in [-0.25, -0.2) is 4.79 Å². The van der Waals surface area contributed by atoms with E-state index < -0.39 is 6.23 Å². The molecule has 0 aliphatic heterocycles. The number of rotatable bonds is 11. The summed E-state index contributed by atoms with van der Waals surface area (Å²) in [7, 11) is 0. The summed E-state index contributed by atoms with van der Waals surface area (Å²) in [5.74, 6) is 1.18. The lowest BCUT2D eigenvalue weighted by molar-refractivity contribution is 0.128. The van der Waals surface area contributed by atoms with Crippen LogP contribution in [0.25, 0.3) is 0 Å². The van der Waals surface area contributed by atoms with Crippen molar-refractivity contribution in [2.75, 3.05) is 19.8 Å². The molecule has 0 bridgehead atoms. The number of hydrogen-bond donors (Lipinski definition) is 2. The Balaban J connectivity index is 2.25. The topological polar surface area (TPSA) is 59.6 Å². The molecule has 1 atom stereocenters. The predicted octanol–water partition coefficient (Wildman–Crippen LogP) is 4.04. The molecular formula is C19H32N2O3. The predicted molar refractivity (Wildman–Crippen MR) is 97.5 cm³/mol. The van der Waals surface area contributed by atoms with E-state index in [0.29, 0.717) is 19.1 Å². The average molecular weight is 336 g/mol. The molecule has 0 radical (unpaired) electrons. The van der Waals surface area contributed by atoms with Gasteiger partial charge in [-0.2, -0.15) is 0 Å². The second-order valence-corrected chi connectivity index (χ2v) is 6.17. The molecule has 1 aromatic carbocycles. The van der Waals surface area contributed by atoms with E-state index in [9.17, 15) is 4.79 Å². The summed E-state index contributed by atoms with van der Waals surface area (Å²) in [4.78, 5) is 11.9. The van der Waals surface area contributed by atoms with Crippen molar-refractivity contribution in [2.45, 2.75) is 59.1 Å². The number of carbonyl (C=O) groups excluding carboxylic acids is 1. The fraction of sp³-hybridized carbons (Fsp3) is 0.632. The molecule has 0 saturated carbocycles. The minimum atomic E-state index is -0.397. The van der Waals surface area contributed by atoms with Gasteiger partial charge in [0.15, 0.2) is 6.23 Å². The number of carbonyl (C=O) groups is 1. The third-order valence-corrected chi connectivity index (χ3v) is 3.57. The first-order valence-corrected chi connectivity index (χ1v) is 8.92. The molecule has 0 aliphatic rings. The molecule has 1 unspecified atom stereocenters. The fourth-order valence-electron chi connectivity index (χ4n) is 2.24. The molecule has 5 nitrogen and oxygen atoms in total. The van der Waals surface area contributed by atoms with E-state index in [0.717, 1.165) is 37.2 Å². The molecule has 1 rings (SSSR count). The molecule has 2 N–H and O–H groups in total. The number of nitrogens with one attached hydrogen (secondary N) is 2. The second-order valence-electron chi connectivity index (χ2n) is 6.17. The van der Waals surface area contributed by atoms with Crippen LogP contribution in [-0.2, 0) is 4.74 Å². The highest BCUT2D eigenvalue weighted by Gasteiger charge is 2.12. The molecule has 136 valence electrons. The maximum absolute atomic E-state index is 11.9. The van der Waals surface area contributed by atoms with Crippen molar-refractivity contribution in [1.29, 1.82) is 0 Å². The molecule has 0 heterocycles. The first kappa shape index (κ1) is 20.3. The van der Waals surface area contributed by atoms with Gasteiger partial charge in [0.05, 0.1) is 0 Å². The van der Waals surface area contributed by atoms with Crippen LogP contribution >= 0.6 is 0 Å². The Morgan fingerprint density at radius 3 is 2.54 bits per heavy atom. The highest BCUT2D eigenvalue weighted by molar-refractivity contribution is 5.73. The summed E-state index contributed by atoms with van der Waals surface area (Å²) < 4.78 is 11.3. The maximum Gasteiger partial charge on any atom is 0.317 e. The molecule has 24 heavy (non-hydrogen) atoms. The standard InChI is InChI=1S/C19H32N2O3/c1-5-6-13-23-14-9-12-20-19(22)21-16(4)24-18-11-8-7-10-17(18)15(2)3/h7-8,10-11,15-16H,5-6,9,12-14H2,1-4H3,(H2,20,21,22). The number of para-hydroxylation sites is 1. The maximum atomic E-state index is 11.9. The SMILES string of the molecule is CCCCOCCCNC(=O)NC(C)Oc1ccccc1C(C)C. The lowest BCUT2D eigenvalue weighted by Gasteiger charge is -2.20. The van der Waals surface area contributed by atoms with Crippen LogP contribution in [0.1, 0.15) is 58.4 Å². The zero-order chi connectivity index (χ0) is 17.8. The van der Waals surface area contributed by atoms with Crippen molar-refractivity contribution in [2.24, 2.45) is 0 Å². The summed E-state index contributed by atoms with van der Waals surface area (Å²) in [6, 6.07) is 7.69. The van der Waals surface area contributed by atoms with Crippen molar-refractivity contribution in [1.82, 2.24) is 10.6 Å². The van der Waals surface area contributed by atoms with Gasteiger partial charge < -0.3 is 20.1 Å². The minimum absolute atomic E-state index is 0.224. The molecule has 0 fully saturated rings. The Bertz CT molecular complexity index is 477. The Morgan fingerprint density at radius 1 is 1.12 bits per heavy atom. The van der Waals surface area contributed by atoms with Crippen LogP contribution in [-0.4, -0.2) is 32.0 Å². The summed E-state index contributed by atoms with van der Waals surface area (Å²) in [5, 5.41) is 5.61. The first-order valence-electron chi connectivity index (χ1n) is 8.92. The van der Waals surface area contributed by atoms with E-state index in [1.54, 1.807) is 0 Å². The van der Waals surface area contributed by atoms with Crippen LogP contribution < -0.4 is 15.4 Å². The quantitative estimate of drug-likeness (QED) is 0.473. The van der Waals surface area contributed by atoms with E-state index in [2.05, 4.69) is 31.4 Å². The van der Waals surface area contributed by atoms with Crippen LogP contribution in [0.2, 0.25) is 0 Å². The van der Waals surface area contributed by atoms with Crippen LogP contribution in [0.3, 0.4) is 0 Å². The third-order valence-electron chi connectivity index (χ3n) is 3.57. The van der Waals surface area contributed by atoms with Crippen molar-refractivity contribution in [3.05, 3.63) is 29.8 Å². The van der Waals surface area contributed by atoms with Gasteiger partial charge in [-0.1, -0.05) is 45.4 Å². The zero-order valence-electron chi connectivity index (χ0n) is 15.4.